The molecule has 0 aromatic heterocycles. The second-order valence-electron chi connectivity index (χ2n) is 11.8. The largest absolute Gasteiger partial charge is 0.368 e. The van der Waals surface area contributed by atoms with Crippen molar-refractivity contribution in [3.8, 4) is 0 Å². The third-order valence-electron chi connectivity index (χ3n) is 6.29. The molecular formula is C28H44IN5O5. The van der Waals surface area contributed by atoms with Crippen molar-refractivity contribution in [1.29, 1.82) is 0 Å². The quantitative estimate of drug-likeness (QED) is 0.218. The standard InChI is InChI=1S/C28H44IN5O5/c1-14(2)19(23(30)35)31-25(37)20(15(3)4)32-26(38)21(16(5)6)33-27(39)22(28(7,8)9)34-24(36)17-12-10-11-13-18(17)29/h10-16,19-22H,1-9H3,(H2,30,35)(H,31,37)(H,32,38)(H,33,39)(H,34,36)/t19-,20-,21-,22+/m0/s1. The summed E-state index contributed by atoms with van der Waals surface area (Å²) in [5.41, 5.74) is 5.21. The van der Waals surface area contributed by atoms with Crippen LogP contribution in [0.2, 0.25) is 0 Å². The first-order chi connectivity index (χ1) is 17.9. The summed E-state index contributed by atoms with van der Waals surface area (Å²) in [5, 5.41) is 11.0. The smallest absolute Gasteiger partial charge is 0.253 e. The second kappa shape index (κ2) is 14.6. The SMILES string of the molecule is CC(C)[C@H](NC(=O)[C@@H](NC(=O)[C@@H](NC(=O)[C@@H](NC(=O)c1ccccc1I)C(C)(C)C)C(C)C)C(C)C)C(N)=O. The molecule has 0 fully saturated rings. The van der Waals surface area contributed by atoms with Gasteiger partial charge in [0, 0.05) is 3.57 Å². The summed E-state index contributed by atoms with van der Waals surface area (Å²) in [5.74, 6) is -3.55. The highest BCUT2D eigenvalue weighted by atomic mass is 127. The van der Waals surface area contributed by atoms with Crippen molar-refractivity contribution in [3.05, 3.63) is 33.4 Å². The maximum atomic E-state index is 13.5. The average molecular weight is 658 g/mol. The molecule has 11 heteroatoms. The molecule has 1 rings (SSSR count). The van der Waals surface area contributed by atoms with Crippen LogP contribution in [0.3, 0.4) is 0 Å². The Kier molecular flexibility index (Phi) is 12.9. The Morgan fingerprint density at radius 1 is 0.692 bits per heavy atom. The Balaban J connectivity index is 3.13. The van der Waals surface area contributed by atoms with Crippen LogP contribution in [0.5, 0.6) is 0 Å². The van der Waals surface area contributed by atoms with Gasteiger partial charge in [-0.25, -0.2) is 0 Å². The zero-order chi connectivity index (χ0) is 30.2. The number of benzene rings is 1. The predicted molar refractivity (Wildman–Crippen MR) is 159 cm³/mol. The summed E-state index contributed by atoms with van der Waals surface area (Å²) in [4.78, 5) is 64.6. The van der Waals surface area contributed by atoms with Crippen molar-refractivity contribution in [3.63, 3.8) is 0 Å². The van der Waals surface area contributed by atoms with Crippen molar-refractivity contribution in [1.82, 2.24) is 21.3 Å². The highest BCUT2D eigenvalue weighted by Crippen LogP contribution is 2.21. The molecule has 1 aromatic carbocycles. The van der Waals surface area contributed by atoms with Gasteiger partial charge in [-0.3, -0.25) is 24.0 Å². The van der Waals surface area contributed by atoms with Gasteiger partial charge >= 0.3 is 0 Å². The predicted octanol–water partition coefficient (Wildman–Crippen LogP) is 2.34. The Labute approximate surface area is 245 Å². The molecule has 5 amide bonds. The second-order valence-corrected chi connectivity index (χ2v) is 13.0. The molecule has 4 atom stereocenters. The van der Waals surface area contributed by atoms with Crippen molar-refractivity contribution in [2.24, 2.45) is 28.9 Å². The van der Waals surface area contributed by atoms with E-state index in [1.54, 1.807) is 59.7 Å². The number of primary amides is 1. The lowest BCUT2D eigenvalue weighted by Gasteiger charge is -2.33. The van der Waals surface area contributed by atoms with Gasteiger partial charge in [-0.05, 0) is 57.9 Å². The molecule has 0 aliphatic heterocycles. The molecule has 0 saturated heterocycles. The molecule has 0 aliphatic carbocycles. The summed E-state index contributed by atoms with van der Waals surface area (Å²) in [7, 11) is 0. The van der Waals surface area contributed by atoms with Gasteiger partial charge in [0.1, 0.15) is 24.2 Å². The first kappa shape index (κ1) is 34.3. The van der Waals surface area contributed by atoms with E-state index in [1.165, 1.54) is 0 Å². The van der Waals surface area contributed by atoms with Gasteiger partial charge in [-0.15, -0.1) is 0 Å². The van der Waals surface area contributed by atoms with Crippen molar-refractivity contribution in [2.45, 2.75) is 86.5 Å². The van der Waals surface area contributed by atoms with Gasteiger partial charge in [-0.1, -0.05) is 74.4 Å². The molecule has 0 saturated carbocycles. The van der Waals surface area contributed by atoms with E-state index in [0.29, 0.717) is 5.56 Å². The van der Waals surface area contributed by atoms with Gasteiger partial charge in [0.25, 0.3) is 5.91 Å². The third kappa shape index (κ3) is 10.1. The number of nitrogens with one attached hydrogen (secondary N) is 4. The highest BCUT2D eigenvalue weighted by Gasteiger charge is 2.37. The molecule has 1 aromatic rings. The number of amides is 5. The zero-order valence-corrected chi connectivity index (χ0v) is 26.5. The minimum absolute atomic E-state index is 0.235. The number of hydrogen-bond acceptors (Lipinski definition) is 5. The Morgan fingerprint density at radius 2 is 1.10 bits per heavy atom. The summed E-state index contributed by atoms with van der Waals surface area (Å²) < 4.78 is 0.745. The van der Waals surface area contributed by atoms with E-state index in [1.807, 2.05) is 26.8 Å². The fourth-order valence-corrected chi connectivity index (χ4v) is 4.52. The average Bonchev–Trinajstić information content (AvgIpc) is 2.80. The summed E-state index contributed by atoms with van der Waals surface area (Å²) in [6.45, 7) is 16.0. The topological polar surface area (TPSA) is 159 Å². The van der Waals surface area contributed by atoms with Crippen molar-refractivity contribution in [2.75, 3.05) is 0 Å². The first-order valence-corrected chi connectivity index (χ1v) is 14.2. The maximum absolute atomic E-state index is 13.5. The first-order valence-electron chi connectivity index (χ1n) is 13.1. The third-order valence-corrected chi connectivity index (χ3v) is 7.23. The highest BCUT2D eigenvalue weighted by molar-refractivity contribution is 14.1. The fraction of sp³-hybridized carbons (Fsp3) is 0.607. The summed E-state index contributed by atoms with van der Waals surface area (Å²) in [6, 6.07) is 3.27. The van der Waals surface area contributed by atoms with Crippen LogP contribution >= 0.6 is 22.6 Å². The van der Waals surface area contributed by atoms with E-state index in [0.717, 1.165) is 3.57 Å². The van der Waals surface area contributed by atoms with E-state index < -0.39 is 59.1 Å². The molecule has 0 spiro atoms. The van der Waals surface area contributed by atoms with Crippen LogP contribution in [-0.2, 0) is 19.2 Å². The molecule has 0 heterocycles. The van der Waals surface area contributed by atoms with Gasteiger partial charge in [0.05, 0.1) is 5.56 Å². The normalized spacial score (nSPS) is 14.8. The molecule has 10 nitrogen and oxygen atoms in total. The molecular weight excluding hydrogens is 613 g/mol. The van der Waals surface area contributed by atoms with Gasteiger partial charge in [0.15, 0.2) is 0 Å². The van der Waals surface area contributed by atoms with Gasteiger partial charge in [0.2, 0.25) is 23.6 Å². The molecule has 0 bridgehead atoms. The maximum Gasteiger partial charge on any atom is 0.253 e. The Morgan fingerprint density at radius 3 is 1.49 bits per heavy atom. The van der Waals surface area contributed by atoms with Crippen LogP contribution in [0.1, 0.15) is 72.7 Å². The minimum atomic E-state index is -0.984. The van der Waals surface area contributed by atoms with E-state index in [4.69, 9.17) is 5.73 Å². The zero-order valence-electron chi connectivity index (χ0n) is 24.3. The number of carbonyl (C=O) groups excluding carboxylic acids is 5. The number of hydrogen-bond donors (Lipinski definition) is 5. The Bertz CT molecular complexity index is 1050. The molecule has 218 valence electrons. The van der Waals surface area contributed by atoms with Crippen LogP contribution in [0.4, 0.5) is 0 Å². The number of rotatable bonds is 12. The lowest BCUT2D eigenvalue weighted by Crippen LogP contribution is -2.62. The van der Waals surface area contributed by atoms with Crippen LogP contribution in [-0.4, -0.2) is 53.7 Å². The van der Waals surface area contributed by atoms with Crippen molar-refractivity contribution >= 4 is 52.1 Å². The fourth-order valence-electron chi connectivity index (χ4n) is 3.89. The summed E-state index contributed by atoms with van der Waals surface area (Å²) >= 11 is 2.06. The summed E-state index contributed by atoms with van der Waals surface area (Å²) in [6.07, 6.45) is 0. The minimum Gasteiger partial charge on any atom is -0.368 e. The lowest BCUT2D eigenvalue weighted by molar-refractivity contribution is -0.135. The lowest BCUT2D eigenvalue weighted by atomic mass is 9.85. The Hall–Kier alpha value is -2.70. The molecule has 0 unspecified atom stereocenters. The van der Waals surface area contributed by atoms with E-state index in [9.17, 15) is 24.0 Å². The van der Waals surface area contributed by atoms with Crippen LogP contribution < -0.4 is 27.0 Å². The number of halogens is 1. The van der Waals surface area contributed by atoms with Crippen LogP contribution in [0.15, 0.2) is 24.3 Å². The van der Waals surface area contributed by atoms with Crippen LogP contribution in [0, 0.1) is 26.7 Å². The van der Waals surface area contributed by atoms with Crippen LogP contribution in [0.25, 0.3) is 0 Å². The number of carbonyl (C=O) groups is 5. The van der Waals surface area contributed by atoms with Gasteiger partial charge < -0.3 is 27.0 Å². The molecule has 39 heavy (non-hydrogen) atoms. The molecule has 0 aliphatic rings. The monoisotopic (exact) mass is 657 g/mol. The van der Waals surface area contributed by atoms with Gasteiger partial charge in [-0.2, -0.15) is 0 Å². The van der Waals surface area contributed by atoms with E-state index in [-0.39, 0.29) is 17.8 Å². The molecule has 0 radical (unpaired) electrons. The van der Waals surface area contributed by atoms with Crippen molar-refractivity contribution < 1.29 is 24.0 Å². The number of nitrogens with two attached hydrogens (primary N) is 1. The molecule has 6 N–H and O–H groups in total. The van der Waals surface area contributed by atoms with E-state index in [2.05, 4.69) is 43.9 Å². The van der Waals surface area contributed by atoms with E-state index >= 15 is 0 Å².